The summed E-state index contributed by atoms with van der Waals surface area (Å²) in [4.78, 5) is 2.47. The van der Waals surface area contributed by atoms with E-state index in [0.29, 0.717) is 0 Å². The van der Waals surface area contributed by atoms with Crippen LogP contribution < -0.4 is 4.90 Å². The quantitative estimate of drug-likeness (QED) is 0.148. The molecule has 0 saturated carbocycles. The van der Waals surface area contributed by atoms with Crippen LogP contribution in [0.2, 0.25) is 0 Å². The number of aromatic nitrogens is 1. The zero-order valence-electron chi connectivity index (χ0n) is 36.5. The van der Waals surface area contributed by atoms with Crippen LogP contribution in [0.1, 0.15) is 25.0 Å². The second-order valence-electron chi connectivity index (χ2n) is 17.7. The summed E-state index contributed by atoms with van der Waals surface area (Å²) < 4.78 is 2.41. The van der Waals surface area contributed by atoms with E-state index in [2.05, 4.69) is 266 Å². The molecule has 1 aliphatic carbocycles. The van der Waals surface area contributed by atoms with Crippen molar-refractivity contribution in [3.63, 3.8) is 0 Å². The molecular weight excluding hydrogens is 785 g/mol. The van der Waals surface area contributed by atoms with Gasteiger partial charge in [0.15, 0.2) is 0 Å². The molecule has 2 heteroatoms. The smallest absolute Gasteiger partial charge is 0.0561 e. The highest BCUT2D eigenvalue weighted by Gasteiger charge is 2.35. The molecule has 0 bridgehead atoms. The standard InChI is InChI=1S/C63H46N2/c1-63(2)57-30-16-14-26-52(57)56-41-46(35-40-58(56)63)43-33-36-48(37-34-43)64(49-38-39-54-53-27-15-17-31-59(53)65(61(54)42-49)47-23-10-5-11-24-47)60-32-18-29-51(45-21-8-4-9-22-45)62(60)55-28-13-12-25-50(55)44-19-6-3-7-20-44/h3-42H,1-2H3. The highest BCUT2D eigenvalue weighted by Crippen LogP contribution is 2.51. The Kier molecular flexibility index (Phi) is 9.21. The maximum Gasteiger partial charge on any atom is 0.0561 e. The fraction of sp³-hybridized carbons (Fsp3) is 0.0476. The van der Waals surface area contributed by atoms with Crippen molar-refractivity contribution < 1.29 is 0 Å². The Morgan fingerprint density at radius 3 is 1.65 bits per heavy atom. The van der Waals surface area contributed by atoms with E-state index in [4.69, 9.17) is 0 Å². The topological polar surface area (TPSA) is 8.17 Å². The lowest BCUT2D eigenvalue weighted by molar-refractivity contribution is 0.660. The maximum absolute atomic E-state index is 2.47. The summed E-state index contributed by atoms with van der Waals surface area (Å²) in [6.45, 7) is 4.69. The third-order valence-electron chi connectivity index (χ3n) is 13.6. The van der Waals surface area contributed by atoms with Crippen molar-refractivity contribution in [1.29, 1.82) is 0 Å². The first-order valence-electron chi connectivity index (χ1n) is 22.6. The first kappa shape index (κ1) is 38.5. The minimum atomic E-state index is -0.0345. The molecule has 11 aromatic rings. The Morgan fingerprint density at radius 1 is 0.338 bits per heavy atom. The van der Waals surface area contributed by atoms with Crippen molar-refractivity contribution in [3.8, 4) is 61.3 Å². The van der Waals surface area contributed by atoms with Crippen molar-refractivity contribution in [1.82, 2.24) is 4.57 Å². The van der Waals surface area contributed by atoms with E-state index in [-0.39, 0.29) is 5.41 Å². The Bertz CT molecular complexity index is 3550. The highest BCUT2D eigenvalue weighted by atomic mass is 15.1. The van der Waals surface area contributed by atoms with Crippen molar-refractivity contribution in [2.45, 2.75) is 19.3 Å². The van der Waals surface area contributed by atoms with Crippen LogP contribution in [0.15, 0.2) is 243 Å². The fourth-order valence-electron chi connectivity index (χ4n) is 10.5. The largest absolute Gasteiger partial charge is 0.310 e. The molecule has 1 aromatic heterocycles. The Morgan fingerprint density at radius 2 is 0.892 bits per heavy atom. The third-order valence-corrected chi connectivity index (χ3v) is 13.6. The van der Waals surface area contributed by atoms with Gasteiger partial charge in [0.2, 0.25) is 0 Å². The number of hydrogen-bond donors (Lipinski definition) is 0. The first-order valence-corrected chi connectivity index (χ1v) is 22.6. The van der Waals surface area contributed by atoms with E-state index in [1.165, 1.54) is 83.1 Å². The molecule has 2 nitrogen and oxygen atoms in total. The maximum atomic E-state index is 2.47. The van der Waals surface area contributed by atoms with Gasteiger partial charge in [0, 0.05) is 38.8 Å². The van der Waals surface area contributed by atoms with Crippen molar-refractivity contribution in [2.75, 3.05) is 4.90 Å². The first-order chi connectivity index (χ1) is 32.0. The number of anilines is 3. The Hall–Kier alpha value is -8.20. The van der Waals surface area contributed by atoms with Gasteiger partial charge in [0.25, 0.3) is 0 Å². The Balaban J connectivity index is 1.10. The number of nitrogens with zero attached hydrogens (tertiary/aromatic N) is 2. The van der Waals surface area contributed by atoms with Gasteiger partial charge in [-0.1, -0.05) is 202 Å². The van der Waals surface area contributed by atoms with Crippen LogP contribution in [0, 0.1) is 0 Å². The number of rotatable bonds is 8. The summed E-state index contributed by atoms with van der Waals surface area (Å²) in [5, 5.41) is 2.45. The van der Waals surface area contributed by atoms with Gasteiger partial charge in [0.1, 0.15) is 0 Å². The predicted molar refractivity (Wildman–Crippen MR) is 275 cm³/mol. The predicted octanol–water partition coefficient (Wildman–Crippen LogP) is 17.2. The summed E-state index contributed by atoms with van der Waals surface area (Å²) in [5.74, 6) is 0. The van der Waals surface area contributed by atoms with Crippen LogP contribution in [-0.4, -0.2) is 4.57 Å². The minimum absolute atomic E-state index is 0.0345. The molecule has 0 radical (unpaired) electrons. The Labute approximate surface area is 381 Å². The van der Waals surface area contributed by atoms with Gasteiger partial charge in [-0.05, 0) is 116 Å². The lowest BCUT2D eigenvalue weighted by Gasteiger charge is -2.30. The molecular formula is C63H46N2. The van der Waals surface area contributed by atoms with E-state index in [1.807, 2.05) is 0 Å². The van der Waals surface area contributed by atoms with E-state index < -0.39 is 0 Å². The SMILES string of the molecule is CC1(C)c2ccccc2-c2cc(-c3ccc(N(c4ccc5c6ccccc6n(-c6ccccc6)c5c4)c4cccc(-c5ccccc5)c4-c4ccccc4-c4ccccc4)cc3)ccc21. The van der Waals surface area contributed by atoms with E-state index >= 15 is 0 Å². The molecule has 0 aliphatic heterocycles. The van der Waals surface area contributed by atoms with Crippen molar-refractivity contribution in [2.24, 2.45) is 0 Å². The van der Waals surface area contributed by atoms with Gasteiger partial charge in [-0.2, -0.15) is 0 Å². The number of hydrogen-bond acceptors (Lipinski definition) is 1. The summed E-state index contributed by atoms with van der Waals surface area (Å²) in [5.41, 5.74) is 21.6. The van der Waals surface area contributed by atoms with E-state index in [0.717, 1.165) is 28.3 Å². The molecule has 0 saturated heterocycles. The molecule has 65 heavy (non-hydrogen) atoms. The summed E-state index contributed by atoms with van der Waals surface area (Å²) >= 11 is 0. The lowest BCUT2D eigenvalue weighted by Crippen LogP contribution is -2.14. The van der Waals surface area contributed by atoms with Crippen molar-refractivity contribution >= 4 is 38.9 Å². The van der Waals surface area contributed by atoms with Crippen molar-refractivity contribution in [3.05, 3.63) is 254 Å². The third kappa shape index (κ3) is 6.40. The van der Waals surface area contributed by atoms with Gasteiger partial charge in [-0.25, -0.2) is 0 Å². The van der Waals surface area contributed by atoms with Crippen LogP contribution in [0.3, 0.4) is 0 Å². The van der Waals surface area contributed by atoms with Gasteiger partial charge in [0.05, 0.1) is 16.7 Å². The molecule has 0 amide bonds. The number of fused-ring (bicyclic) bond motifs is 6. The lowest BCUT2D eigenvalue weighted by atomic mass is 9.82. The fourth-order valence-corrected chi connectivity index (χ4v) is 10.5. The second kappa shape index (κ2) is 15.6. The molecule has 308 valence electrons. The van der Waals surface area contributed by atoms with Gasteiger partial charge in [-0.3, -0.25) is 0 Å². The van der Waals surface area contributed by atoms with E-state index in [9.17, 15) is 0 Å². The zero-order chi connectivity index (χ0) is 43.5. The van der Waals surface area contributed by atoms with Crippen LogP contribution in [0.25, 0.3) is 83.1 Å². The minimum Gasteiger partial charge on any atom is -0.310 e. The number of benzene rings is 10. The van der Waals surface area contributed by atoms with Gasteiger partial charge >= 0.3 is 0 Å². The second-order valence-corrected chi connectivity index (χ2v) is 17.7. The normalized spacial score (nSPS) is 12.6. The van der Waals surface area contributed by atoms with Crippen LogP contribution in [-0.2, 0) is 5.41 Å². The van der Waals surface area contributed by atoms with Gasteiger partial charge in [-0.15, -0.1) is 0 Å². The molecule has 10 aromatic carbocycles. The molecule has 0 atom stereocenters. The average molecular weight is 831 g/mol. The van der Waals surface area contributed by atoms with Gasteiger partial charge < -0.3 is 9.47 Å². The summed E-state index contributed by atoms with van der Waals surface area (Å²) in [6, 6.07) is 89.0. The molecule has 0 unspecified atom stereocenters. The summed E-state index contributed by atoms with van der Waals surface area (Å²) in [6.07, 6.45) is 0. The molecule has 0 N–H and O–H groups in total. The summed E-state index contributed by atoms with van der Waals surface area (Å²) in [7, 11) is 0. The van der Waals surface area contributed by atoms with Crippen LogP contribution >= 0.6 is 0 Å². The molecule has 12 rings (SSSR count). The van der Waals surface area contributed by atoms with Crippen LogP contribution in [0.4, 0.5) is 17.1 Å². The van der Waals surface area contributed by atoms with E-state index in [1.54, 1.807) is 0 Å². The number of para-hydroxylation sites is 2. The molecule has 0 fully saturated rings. The van der Waals surface area contributed by atoms with Crippen LogP contribution in [0.5, 0.6) is 0 Å². The highest BCUT2D eigenvalue weighted by molar-refractivity contribution is 6.11. The molecule has 1 heterocycles. The average Bonchev–Trinajstić information content (AvgIpc) is 3.82. The zero-order valence-corrected chi connectivity index (χ0v) is 36.5. The molecule has 0 spiro atoms. The molecule has 1 aliphatic rings. The monoisotopic (exact) mass is 830 g/mol.